The average molecular weight is 225 g/mol. The molecule has 0 saturated heterocycles. The van der Waals surface area contributed by atoms with Gasteiger partial charge in [0.15, 0.2) is 0 Å². The van der Waals surface area contributed by atoms with Gasteiger partial charge in [0.05, 0.1) is 0 Å². The Kier molecular flexibility index (Phi) is 4.97. The number of nitrogens with zero attached hydrogens (tertiary/aromatic N) is 1. The summed E-state index contributed by atoms with van der Waals surface area (Å²) in [5.41, 5.74) is 0. The van der Waals surface area contributed by atoms with Crippen LogP contribution in [0.4, 0.5) is 0 Å². The highest BCUT2D eigenvalue weighted by molar-refractivity contribution is 5.82. The maximum atomic E-state index is 12.0. The first kappa shape index (κ1) is 13.7. The monoisotopic (exact) mass is 225 g/mol. The summed E-state index contributed by atoms with van der Waals surface area (Å²) >= 11 is 0. The molecule has 0 bridgehead atoms. The van der Waals surface area contributed by atoms with Crippen molar-refractivity contribution in [1.82, 2.24) is 4.90 Å². The summed E-state index contributed by atoms with van der Waals surface area (Å²) < 4.78 is 0. The van der Waals surface area contributed by atoms with E-state index in [0.717, 1.165) is 19.5 Å². The fourth-order valence-corrected chi connectivity index (χ4v) is 3.01. The molecule has 0 aromatic heterocycles. The second-order valence-electron chi connectivity index (χ2n) is 6.21. The van der Waals surface area contributed by atoms with Gasteiger partial charge in [-0.1, -0.05) is 27.7 Å². The van der Waals surface area contributed by atoms with Crippen LogP contribution in [-0.2, 0) is 4.79 Å². The Balaban J connectivity index is 2.49. The zero-order chi connectivity index (χ0) is 12.3. The molecular weight excluding hydrogens is 198 g/mol. The molecule has 0 radical (unpaired) electrons. The normalized spacial score (nSPS) is 31.4. The van der Waals surface area contributed by atoms with Gasteiger partial charge in [-0.05, 0) is 31.2 Å². The van der Waals surface area contributed by atoms with Crippen LogP contribution in [0.1, 0.15) is 40.5 Å². The van der Waals surface area contributed by atoms with Crippen molar-refractivity contribution in [3.63, 3.8) is 0 Å². The van der Waals surface area contributed by atoms with Gasteiger partial charge in [-0.15, -0.1) is 0 Å². The first-order valence-corrected chi connectivity index (χ1v) is 6.61. The van der Waals surface area contributed by atoms with Gasteiger partial charge >= 0.3 is 0 Å². The molecule has 0 N–H and O–H groups in total. The summed E-state index contributed by atoms with van der Waals surface area (Å²) in [4.78, 5) is 14.3. The molecular formula is C14H27NO. The van der Waals surface area contributed by atoms with Crippen LogP contribution < -0.4 is 0 Å². The Labute approximate surface area is 100 Å². The second-order valence-corrected chi connectivity index (χ2v) is 6.21. The predicted octanol–water partition coefficient (Wildman–Crippen LogP) is 2.83. The molecule has 0 amide bonds. The highest BCUT2D eigenvalue weighted by atomic mass is 16.1. The maximum Gasteiger partial charge on any atom is 0.137 e. The van der Waals surface area contributed by atoms with E-state index in [1.54, 1.807) is 0 Å². The van der Waals surface area contributed by atoms with Gasteiger partial charge in [0.25, 0.3) is 0 Å². The van der Waals surface area contributed by atoms with Crippen molar-refractivity contribution < 1.29 is 4.79 Å². The number of carbonyl (C=O) groups excluding carboxylic acids is 1. The van der Waals surface area contributed by atoms with E-state index >= 15 is 0 Å². The quantitative estimate of drug-likeness (QED) is 0.733. The van der Waals surface area contributed by atoms with E-state index in [0.29, 0.717) is 23.5 Å². The Hall–Kier alpha value is -0.370. The van der Waals surface area contributed by atoms with Gasteiger partial charge in [0, 0.05) is 25.4 Å². The summed E-state index contributed by atoms with van der Waals surface area (Å²) in [6, 6.07) is 0. The molecule has 0 aromatic carbocycles. The van der Waals surface area contributed by atoms with E-state index in [-0.39, 0.29) is 5.92 Å². The van der Waals surface area contributed by atoms with Crippen LogP contribution in [0, 0.1) is 23.7 Å². The average Bonchev–Trinajstić information content (AvgIpc) is 2.09. The Morgan fingerprint density at radius 3 is 2.50 bits per heavy atom. The largest absolute Gasteiger partial charge is 0.305 e. The van der Waals surface area contributed by atoms with Gasteiger partial charge in [0.1, 0.15) is 5.78 Å². The van der Waals surface area contributed by atoms with Crippen molar-refractivity contribution in [2.75, 3.05) is 20.1 Å². The molecule has 0 spiro atoms. The number of hydrogen-bond acceptors (Lipinski definition) is 2. The molecule has 94 valence electrons. The SMILES string of the molecule is CC(C)CN(C)CC1C(=O)CC(C)CC1C. The van der Waals surface area contributed by atoms with Crippen LogP contribution in [0.25, 0.3) is 0 Å². The van der Waals surface area contributed by atoms with Gasteiger partial charge in [-0.3, -0.25) is 4.79 Å². The van der Waals surface area contributed by atoms with Crippen molar-refractivity contribution in [2.24, 2.45) is 23.7 Å². The highest BCUT2D eigenvalue weighted by Gasteiger charge is 2.32. The first-order chi connectivity index (χ1) is 7.40. The standard InChI is InChI=1S/C14H27NO/c1-10(2)8-15(5)9-13-12(4)6-11(3)7-14(13)16/h10-13H,6-9H2,1-5H3. The third kappa shape index (κ3) is 3.89. The van der Waals surface area contributed by atoms with Gasteiger partial charge in [-0.25, -0.2) is 0 Å². The number of ketones is 1. The number of hydrogen-bond donors (Lipinski definition) is 0. The number of Topliss-reactive ketones (excluding diaryl/α,β-unsaturated/α-hetero) is 1. The topological polar surface area (TPSA) is 20.3 Å². The van der Waals surface area contributed by atoms with Crippen LogP contribution in [0.2, 0.25) is 0 Å². The molecule has 0 aromatic rings. The zero-order valence-electron chi connectivity index (χ0n) is 11.5. The zero-order valence-corrected chi connectivity index (χ0v) is 11.5. The van der Waals surface area contributed by atoms with E-state index in [2.05, 4.69) is 39.6 Å². The van der Waals surface area contributed by atoms with Crippen LogP contribution >= 0.6 is 0 Å². The van der Waals surface area contributed by atoms with Gasteiger partial charge in [-0.2, -0.15) is 0 Å². The molecule has 1 fully saturated rings. The molecule has 0 aliphatic heterocycles. The van der Waals surface area contributed by atoms with Crippen molar-refractivity contribution in [3.05, 3.63) is 0 Å². The molecule has 0 heterocycles. The lowest BCUT2D eigenvalue weighted by Crippen LogP contribution is -2.39. The predicted molar refractivity (Wildman–Crippen MR) is 68.4 cm³/mol. The molecule has 2 nitrogen and oxygen atoms in total. The van der Waals surface area contributed by atoms with E-state index in [4.69, 9.17) is 0 Å². The lowest BCUT2D eigenvalue weighted by atomic mass is 9.74. The smallest absolute Gasteiger partial charge is 0.137 e. The van der Waals surface area contributed by atoms with E-state index in [1.807, 2.05) is 0 Å². The molecule has 16 heavy (non-hydrogen) atoms. The lowest BCUT2D eigenvalue weighted by molar-refractivity contribution is -0.128. The molecule has 2 heteroatoms. The molecule has 1 aliphatic carbocycles. The summed E-state index contributed by atoms with van der Waals surface area (Å²) in [5, 5.41) is 0. The van der Waals surface area contributed by atoms with Crippen molar-refractivity contribution in [1.29, 1.82) is 0 Å². The van der Waals surface area contributed by atoms with E-state index < -0.39 is 0 Å². The van der Waals surface area contributed by atoms with Crippen molar-refractivity contribution >= 4 is 5.78 Å². The minimum Gasteiger partial charge on any atom is -0.305 e. The molecule has 1 saturated carbocycles. The Bertz CT molecular complexity index is 237. The lowest BCUT2D eigenvalue weighted by Gasteiger charge is -2.34. The Morgan fingerprint density at radius 2 is 2.00 bits per heavy atom. The fourth-order valence-electron chi connectivity index (χ4n) is 3.01. The number of carbonyl (C=O) groups is 1. The molecule has 1 rings (SSSR count). The third-order valence-corrected chi connectivity index (χ3v) is 3.61. The fraction of sp³-hybridized carbons (Fsp3) is 0.929. The summed E-state index contributed by atoms with van der Waals surface area (Å²) in [7, 11) is 2.14. The van der Waals surface area contributed by atoms with Gasteiger partial charge in [0.2, 0.25) is 0 Å². The Morgan fingerprint density at radius 1 is 1.38 bits per heavy atom. The van der Waals surface area contributed by atoms with E-state index in [1.165, 1.54) is 6.42 Å². The molecule has 3 unspecified atom stereocenters. The van der Waals surface area contributed by atoms with Crippen LogP contribution in [-0.4, -0.2) is 30.8 Å². The second kappa shape index (κ2) is 5.81. The van der Waals surface area contributed by atoms with Crippen LogP contribution in [0.3, 0.4) is 0 Å². The molecule has 1 aliphatic rings. The molecule has 3 atom stereocenters. The first-order valence-electron chi connectivity index (χ1n) is 6.61. The number of rotatable bonds is 4. The van der Waals surface area contributed by atoms with Crippen molar-refractivity contribution in [2.45, 2.75) is 40.5 Å². The van der Waals surface area contributed by atoms with Crippen LogP contribution in [0.15, 0.2) is 0 Å². The summed E-state index contributed by atoms with van der Waals surface area (Å²) in [6.45, 7) is 10.9. The van der Waals surface area contributed by atoms with E-state index in [9.17, 15) is 4.79 Å². The summed E-state index contributed by atoms with van der Waals surface area (Å²) in [5.74, 6) is 2.60. The van der Waals surface area contributed by atoms with Gasteiger partial charge < -0.3 is 4.90 Å². The maximum absolute atomic E-state index is 12.0. The minimum absolute atomic E-state index is 0.278. The minimum atomic E-state index is 0.278. The van der Waals surface area contributed by atoms with Crippen LogP contribution in [0.5, 0.6) is 0 Å². The third-order valence-electron chi connectivity index (χ3n) is 3.61. The highest BCUT2D eigenvalue weighted by Crippen LogP contribution is 2.31. The van der Waals surface area contributed by atoms with Crippen molar-refractivity contribution in [3.8, 4) is 0 Å². The summed E-state index contributed by atoms with van der Waals surface area (Å²) in [6.07, 6.45) is 2.01.